The van der Waals surface area contributed by atoms with Crippen LogP contribution in [0.25, 0.3) is 44.9 Å². The van der Waals surface area contributed by atoms with Crippen molar-refractivity contribution in [1.82, 2.24) is 20.2 Å². The Morgan fingerprint density at radius 3 is 2.29 bits per heavy atom. The van der Waals surface area contributed by atoms with E-state index in [2.05, 4.69) is 20.2 Å². The predicted octanol–water partition coefficient (Wildman–Crippen LogP) is 7.67. The maximum atomic E-state index is 13.3. The molecule has 3 aromatic heterocycles. The number of hydrogen-bond acceptors (Lipinski definition) is 4. The molecule has 0 saturated heterocycles. The summed E-state index contributed by atoms with van der Waals surface area (Å²) in [5.41, 5.74) is 4.56. The molecule has 0 amide bonds. The lowest BCUT2D eigenvalue weighted by molar-refractivity contribution is -0.0337. The van der Waals surface area contributed by atoms with Crippen molar-refractivity contribution in [1.29, 1.82) is 0 Å². The lowest BCUT2D eigenvalue weighted by Crippen LogP contribution is -2.18. The number of furan rings is 1. The maximum absolute atomic E-state index is 13.3. The van der Waals surface area contributed by atoms with Gasteiger partial charge in [-0.25, -0.2) is 23.1 Å². The van der Waals surface area contributed by atoms with Crippen LogP contribution in [0, 0.1) is 5.82 Å². The lowest BCUT2D eigenvalue weighted by Gasteiger charge is -2.20. The highest BCUT2D eigenvalue weighted by Gasteiger charge is 2.30. The van der Waals surface area contributed by atoms with E-state index in [4.69, 9.17) is 4.42 Å². The van der Waals surface area contributed by atoms with Crippen molar-refractivity contribution in [3.05, 3.63) is 79.0 Å². The molecular formula is C27H23F3N4O. The molecule has 178 valence electrons. The van der Waals surface area contributed by atoms with E-state index in [1.165, 1.54) is 18.5 Å². The number of aromatic amines is 1. The Bertz CT molecular complexity index is 1400. The number of nitrogens with one attached hydrogen (secondary N) is 1. The Labute approximate surface area is 200 Å². The Kier molecular flexibility index (Phi) is 6.35. The Hall–Kier alpha value is -3.94. The Morgan fingerprint density at radius 1 is 0.857 bits per heavy atom. The first-order valence-corrected chi connectivity index (χ1v) is 11.5. The molecule has 6 rings (SSSR count). The second kappa shape index (κ2) is 9.74. The number of halogens is 3. The summed E-state index contributed by atoms with van der Waals surface area (Å²) in [4.78, 5) is 8.71. The van der Waals surface area contributed by atoms with Gasteiger partial charge in [-0.2, -0.15) is 5.10 Å². The van der Waals surface area contributed by atoms with Gasteiger partial charge in [0.25, 0.3) is 0 Å². The van der Waals surface area contributed by atoms with Gasteiger partial charge in [-0.1, -0.05) is 36.8 Å². The second-order valence-electron chi connectivity index (χ2n) is 8.50. The first kappa shape index (κ1) is 22.8. The summed E-state index contributed by atoms with van der Waals surface area (Å²) in [6, 6.07) is 18.0. The molecule has 0 radical (unpaired) electrons. The highest BCUT2D eigenvalue weighted by atomic mass is 19.3. The third-order valence-corrected chi connectivity index (χ3v) is 6.00. The van der Waals surface area contributed by atoms with E-state index in [9.17, 15) is 13.2 Å². The quantitative estimate of drug-likeness (QED) is 0.290. The zero-order chi connectivity index (χ0) is 24.3. The van der Waals surface area contributed by atoms with Gasteiger partial charge >= 0.3 is 0 Å². The molecule has 1 fully saturated rings. The third-order valence-electron chi connectivity index (χ3n) is 6.00. The molecule has 0 unspecified atom stereocenters. The molecule has 1 aliphatic rings. The van der Waals surface area contributed by atoms with Crippen molar-refractivity contribution in [2.75, 3.05) is 0 Å². The molecule has 0 aliphatic heterocycles. The van der Waals surface area contributed by atoms with Crippen LogP contribution in [0.2, 0.25) is 0 Å². The smallest absolute Gasteiger partial charge is 0.248 e. The minimum Gasteiger partial charge on any atom is -0.438 e. The average molecular weight is 477 g/mol. The van der Waals surface area contributed by atoms with Gasteiger partial charge in [0.15, 0.2) is 0 Å². The average Bonchev–Trinajstić information content (AvgIpc) is 3.53. The van der Waals surface area contributed by atoms with E-state index in [0.717, 1.165) is 40.0 Å². The highest BCUT2D eigenvalue weighted by molar-refractivity contribution is 5.95. The van der Waals surface area contributed by atoms with E-state index >= 15 is 0 Å². The van der Waals surface area contributed by atoms with Crippen LogP contribution in [0.15, 0.2) is 77.6 Å². The summed E-state index contributed by atoms with van der Waals surface area (Å²) in [5.74, 6) is -1.89. The number of aromatic nitrogens is 4. The van der Waals surface area contributed by atoms with E-state index in [0.29, 0.717) is 24.2 Å². The maximum Gasteiger partial charge on any atom is 0.248 e. The number of nitrogens with zero attached hydrogens (tertiary/aromatic N) is 3. The molecule has 8 heteroatoms. The SMILES string of the molecule is FC1(F)CCCCC1.Fc1ccc(-c2[nH]ncc2-c2ncnc3oc(-c4ccccc4)cc23)cc1. The van der Waals surface area contributed by atoms with Gasteiger partial charge in [0.2, 0.25) is 11.6 Å². The molecule has 5 nitrogen and oxygen atoms in total. The van der Waals surface area contributed by atoms with Crippen molar-refractivity contribution >= 4 is 11.1 Å². The van der Waals surface area contributed by atoms with Gasteiger partial charge in [0.05, 0.1) is 23.0 Å². The monoisotopic (exact) mass is 476 g/mol. The molecule has 1 saturated carbocycles. The largest absolute Gasteiger partial charge is 0.438 e. The minimum atomic E-state index is -2.32. The van der Waals surface area contributed by atoms with Crippen LogP contribution in [0.1, 0.15) is 32.1 Å². The topological polar surface area (TPSA) is 67.6 Å². The molecule has 35 heavy (non-hydrogen) atoms. The van der Waals surface area contributed by atoms with Crippen molar-refractivity contribution in [3.8, 4) is 33.8 Å². The fraction of sp³-hybridized carbons (Fsp3) is 0.222. The van der Waals surface area contributed by atoms with Crippen molar-refractivity contribution < 1.29 is 17.6 Å². The van der Waals surface area contributed by atoms with Crippen LogP contribution in [0.4, 0.5) is 13.2 Å². The fourth-order valence-electron chi connectivity index (χ4n) is 4.19. The summed E-state index contributed by atoms with van der Waals surface area (Å²) >= 11 is 0. The Balaban J connectivity index is 0.000000271. The number of benzene rings is 2. The number of hydrogen-bond donors (Lipinski definition) is 1. The van der Waals surface area contributed by atoms with E-state index < -0.39 is 5.92 Å². The summed E-state index contributed by atoms with van der Waals surface area (Å²) in [6.07, 6.45) is 5.84. The summed E-state index contributed by atoms with van der Waals surface area (Å²) < 4.78 is 43.6. The number of rotatable bonds is 3. The molecule has 5 aromatic rings. The zero-order valence-electron chi connectivity index (χ0n) is 18.8. The molecule has 0 bridgehead atoms. The molecular weight excluding hydrogens is 453 g/mol. The van der Waals surface area contributed by atoms with Crippen LogP contribution in [-0.4, -0.2) is 26.1 Å². The molecule has 1 aliphatic carbocycles. The van der Waals surface area contributed by atoms with Crippen LogP contribution < -0.4 is 0 Å². The fourth-order valence-corrected chi connectivity index (χ4v) is 4.19. The van der Waals surface area contributed by atoms with Crippen LogP contribution in [0.5, 0.6) is 0 Å². The number of alkyl halides is 2. The first-order valence-electron chi connectivity index (χ1n) is 11.5. The van der Waals surface area contributed by atoms with Crippen molar-refractivity contribution in [3.63, 3.8) is 0 Å². The third kappa shape index (κ3) is 5.11. The van der Waals surface area contributed by atoms with Crippen molar-refractivity contribution in [2.45, 2.75) is 38.0 Å². The predicted molar refractivity (Wildman–Crippen MR) is 128 cm³/mol. The van der Waals surface area contributed by atoms with Gasteiger partial charge < -0.3 is 4.42 Å². The standard InChI is InChI=1S/C21H13FN4O.C6H10F2/c22-15-8-6-14(7-9-15)19-17(11-25-26-19)20-16-10-18(13-4-2-1-3-5-13)27-21(16)24-12-23-20;7-6(8)4-2-1-3-5-6/h1-12H,(H,25,26);1-5H2. The second-order valence-corrected chi connectivity index (χ2v) is 8.50. The van der Waals surface area contributed by atoms with E-state index in [-0.39, 0.29) is 18.7 Å². The van der Waals surface area contributed by atoms with E-state index in [1.54, 1.807) is 18.3 Å². The summed E-state index contributed by atoms with van der Waals surface area (Å²) in [5, 5.41) is 7.93. The van der Waals surface area contributed by atoms with Gasteiger partial charge in [-0.05, 0) is 43.2 Å². The normalized spacial score (nSPS) is 14.9. The lowest BCUT2D eigenvalue weighted by atomic mass is 9.97. The summed E-state index contributed by atoms with van der Waals surface area (Å²) in [7, 11) is 0. The highest BCUT2D eigenvalue weighted by Crippen LogP contribution is 2.36. The van der Waals surface area contributed by atoms with Crippen LogP contribution >= 0.6 is 0 Å². The van der Waals surface area contributed by atoms with Gasteiger partial charge in [-0.15, -0.1) is 0 Å². The molecule has 2 aromatic carbocycles. The van der Waals surface area contributed by atoms with Gasteiger partial charge in [0.1, 0.15) is 17.9 Å². The minimum absolute atomic E-state index is 0.118. The molecule has 3 heterocycles. The number of fused-ring (bicyclic) bond motifs is 1. The first-order chi connectivity index (χ1) is 17.0. The van der Waals surface area contributed by atoms with Gasteiger partial charge in [-0.3, -0.25) is 5.10 Å². The number of H-pyrrole nitrogens is 1. The molecule has 1 N–H and O–H groups in total. The molecule has 0 spiro atoms. The Morgan fingerprint density at radius 2 is 1.60 bits per heavy atom. The van der Waals surface area contributed by atoms with Crippen molar-refractivity contribution in [2.24, 2.45) is 0 Å². The van der Waals surface area contributed by atoms with Crippen LogP contribution in [0.3, 0.4) is 0 Å². The summed E-state index contributed by atoms with van der Waals surface area (Å²) in [6.45, 7) is 0. The molecule has 0 atom stereocenters. The zero-order valence-corrected chi connectivity index (χ0v) is 18.8. The van der Waals surface area contributed by atoms with Gasteiger partial charge in [0, 0.05) is 29.5 Å². The van der Waals surface area contributed by atoms with Crippen LogP contribution in [-0.2, 0) is 0 Å². The van der Waals surface area contributed by atoms with E-state index in [1.807, 2.05) is 36.4 Å².